The Balaban J connectivity index is 1.49. The van der Waals surface area contributed by atoms with Gasteiger partial charge in [-0.25, -0.2) is 4.68 Å². The minimum atomic E-state index is 0.457. The van der Waals surface area contributed by atoms with E-state index in [1.165, 1.54) is 17.3 Å². The van der Waals surface area contributed by atoms with Gasteiger partial charge in [0, 0.05) is 42.3 Å². The number of hydrogen-bond donors (Lipinski definition) is 4. The van der Waals surface area contributed by atoms with Crippen molar-refractivity contribution in [3.05, 3.63) is 52.6 Å². The summed E-state index contributed by atoms with van der Waals surface area (Å²) in [5.74, 6) is 1.84. The van der Waals surface area contributed by atoms with Crippen LogP contribution in [0.2, 0.25) is 0 Å². The van der Waals surface area contributed by atoms with E-state index >= 15 is 0 Å². The summed E-state index contributed by atoms with van der Waals surface area (Å²) in [6, 6.07) is 10.3. The third kappa shape index (κ3) is 3.27. The monoisotopic (exact) mass is 387 g/mol. The summed E-state index contributed by atoms with van der Waals surface area (Å²) in [7, 11) is 1.89. The first-order chi connectivity index (χ1) is 14.1. The molecular formula is C22H25N7. The molecule has 0 saturated heterocycles. The van der Waals surface area contributed by atoms with Gasteiger partial charge in [0.25, 0.3) is 0 Å². The van der Waals surface area contributed by atoms with Crippen molar-refractivity contribution in [3.63, 3.8) is 0 Å². The van der Waals surface area contributed by atoms with Gasteiger partial charge in [0.15, 0.2) is 5.82 Å². The fourth-order valence-electron chi connectivity index (χ4n) is 4.09. The summed E-state index contributed by atoms with van der Waals surface area (Å²) < 4.78 is 1.77. The highest BCUT2D eigenvalue weighted by atomic mass is 15.4. The summed E-state index contributed by atoms with van der Waals surface area (Å²) in [6.45, 7) is 1.93. The Labute approximate surface area is 169 Å². The molecule has 1 aliphatic carbocycles. The average Bonchev–Trinajstić information content (AvgIpc) is 3.51. The number of benzene rings is 2. The first kappa shape index (κ1) is 17.9. The molecule has 1 aliphatic heterocycles. The molecule has 148 valence electrons. The quantitative estimate of drug-likeness (QED) is 0.397. The van der Waals surface area contributed by atoms with Crippen molar-refractivity contribution >= 4 is 23.5 Å². The van der Waals surface area contributed by atoms with Crippen molar-refractivity contribution in [1.29, 1.82) is 5.41 Å². The summed E-state index contributed by atoms with van der Waals surface area (Å²) in [5.41, 5.74) is 13.4. The molecule has 0 radical (unpaired) electrons. The van der Waals surface area contributed by atoms with Crippen LogP contribution in [0.4, 0.5) is 17.3 Å². The van der Waals surface area contributed by atoms with Gasteiger partial charge in [-0.2, -0.15) is 4.98 Å². The number of nitrogens with two attached hydrogens (primary N) is 1. The van der Waals surface area contributed by atoms with Gasteiger partial charge >= 0.3 is 0 Å². The molecule has 0 unspecified atom stereocenters. The molecule has 0 amide bonds. The van der Waals surface area contributed by atoms with Crippen LogP contribution in [-0.2, 0) is 20.0 Å². The van der Waals surface area contributed by atoms with Crippen molar-refractivity contribution in [2.24, 2.45) is 7.05 Å². The molecule has 3 aromatic rings. The Morgan fingerprint density at radius 2 is 2.10 bits per heavy atom. The molecule has 29 heavy (non-hydrogen) atoms. The van der Waals surface area contributed by atoms with Crippen LogP contribution < -0.4 is 16.4 Å². The highest BCUT2D eigenvalue weighted by Gasteiger charge is 2.29. The Morgan fingerprint density at radius 3 is 2.90 bits per heavy atom. The molecule has 1 aromatic heterocycles. The van der Waals surface area contributed by atoms with Gasteiger partial charge in [0.1, 0.15) is 0 Å². The van der Waals surface area contributed by atoms with E-state index in [0.717, 1.165) is 54.7 Å². The number of nitrogens with one attached hydrogen (secondary N) is 3. The SMILES string of the molecule is Cn1nc(-c2ccc3c(c2)CNCC3)nc1Nc1ccc(N)c(C=N)c1C1CC1. The van der Waals surface area contributed by atoms with E-state index in [1.54, 1.807) is 4.68 Å². The van der Waals surface area contributed by atoms with Crippen molar-refractivity contribution < 1.29 is 0 Å². The van der Waals surface area contributed by atoms with Crippen molar-refractivity contribution in [1.82, 2.24) is 20.1 Å². The summed E-state index contributed by atoms with van der Waals surface area (Å²) >= 11 is 0. The molecule has 2 heterocycles. The fraction of sp³-hybridized carbons (Fsp3) is 0.318. The summed E-state index contributed by atoms with van der Waals surface area (Å²) in [5, 5.41) is 19.3. The van der Waals surface area contributed by atoms with Crippen LogP contribution in [0.1, 0.15) is 41.0 Å². The van der Waals surface area contributed by atoms with Crippen LogP contribution in [0.5, 0.6) is 0 Å². The number of nitrogen functional groups attached to an aromatic ring is 1. The van der Waals surface area contributed by atoms with Gasteiger partial charge in [-0.15, -0.1) is 5.10 Å². The molecule has 5 N–H and O–H groups in total. The van der Waals surface area contributed by atoms with Crippen LogP contribution in [0.15, 0.2) is 30.3 Å². The number of aryl methyl sites for hydroxylation is 1. The van der Waals surface area contributed by atoms with Crippen LogP contribution >= 0.6 is 0 Å². The van der Waals surface area contributed by atoms with Gasteiger partial charge in [-0.1, -0.05) is 12.1 Å². The molecule has 7 heteroatoms. The minimum Gasteiger partial charge on any atom is -0.398 e. The molecule has 0 spiro atoms. The summed E-state index contributed by atoms with van der Waals surface area (Å²) in [6.07, 6.45) is 4.68. The van der Waals surface area contributed by atoms with E-state index in [0.29, 0.717) is 23.4 Å². The molecule has 0 bridgehead atoms. The van der Waals surface area contributed by atoms with Crippen LogP contribution in [0.25, 0.3) is 11.4 Å². The van der Waals surface area contributed by atoms with E-state index in [-0.39, 0.29) is 0 Å². The lowest BCUT2D eigenvalue weighted by Crippen LogP contribution is -2.23. The molecule has 7 nitrogen and oxygen atoms in total. The number of hydrogen-bond acceptors (Lipinski definition) is 6. The Morgan fingerprint density at radius 1 is 1.24 bits per heavy atom. The second-order valence-electron chi connectivity index (χ2n) is 7.87. The highest BCUT2D eigenvalue weighted by Crippen LogP contribution is 2.46. The van der Waals surface area contributed by atoms with Gasteiger partial charge < -0.3 is 21.8 Å². The van der Waals surface area contributed by atoms with Gasteiger partial charge in [-0.05, 0) is 66.6 Å². The number of anilines is 3. The van der Waals surface area contributed by atoms with Crippen molar-refractivity contribution in [2.75, 3.05) is 17.6 Å². The normalized spacial score (nSPS) is 15.8. The maximum absolute atomic E-state index is 7.79. The van der Waals surface area contributed by atoms with E-state index in [9.17, 15) is 0 Å². The third-order valence-electron chi connectivity index (χ3n) is 5.81. The largest absolute Gasteiger partial charge is 0.398 e. The Hall–Kier alpha value is -3.19. The predicted molar refractivity (Wildman–Crippen MR) is 116 cm³/mol. The fourth-order valence-corrected chi connectivity index (χ4v) is 4.09. The maximum atomic E-state index is 7.79. The Kier molecular flexibility index (Phi) is 4.32. The molecule has 5 rings (SSSR count). The number of rotatable bonds is 5. The smallest absolute Gasteiger partial charge is 0.225 e. The lowest BCUT2D eigenvalue weighted by atomic mass is 9.98. The minimum absolute atomic E-state index is 0.457. The molecule has 1 saturated carbocycles. The molecule has 0 atom stereocenters. The van der Waals surface area contributed by atoms with Gasteiger partial charge in [0.05, 0.1) is 0 Å². The van der Waals surface area contributed by atoms with Crippen LogP contribution in [0.3, 0.4) is 0 Å². The zero-order chi connectivity index (χ0) is 20.0. The first-order valence-electron chi connectivity index (χ1n) is 10.1. The lowest BCUT2D eigenvalue weighted by molar-refractivity contribution is 0.644. The van der Waals surface area contributed by atoms with Crippen molar-refractivity contribution in [3.8, 4) is 11.4 Å². The van der Waals surface area contributed by atoms with Crippen molar-refractivity contribution in [2.45, 2.75) is 31.7 Å². The zero-order valence-electron chi connectivity index (χ0n) is 16.5. The van der Waals surface area contributed by atoms with E-state index in [1.807, 2.05) is 19.2 Å². The lowest BCUT2D eigenvalue weighted by Gasteiger charge is -2.17. The second-order valence-corrected chi connectivity index (χ2v) is 7.87. The highest BCUT2D eigenvalue weighted by molar-refractivity contribution is 5.91. The molecular weight excluding hydrogens is 362 g/mol. The average molecular weight is 387 g/mol. The van der Waals surface area contributed by atoms with E-state index < -0.39 is 0 Å². The molecule has 1 fully saturated rings. The molecule has 2 aromatic carbocycles. The van der Waals surface area contributed by atoms with Gasteiger partial charge in [-0.3, -0.25) is 0 Å². The molecule has 2 aliphatic rings. The Bertz CT molecular complexity index is 1090. The third-order valence-corrected chi connectivity index (χ3v) is 5.81. The van der Waals surface area contributed by atoms with E-state index in [2.05, 4.69) is 33.9 Å². The predicted octanol–water partition coefficient (Wildman–Crippen LogP) is 3.33. The van der Waals surface area contributed by atoms with Crippen LogP contribution in [-0.4, -0.2) is 27.5 Å². The zero-order valence-corrected chi connectivity index (χ0v) is 16.5. The second kappa shape index (κ2) is 7.00. The summed E-state index contributed by atoms with van der Waals surface area (Å²) in [4.78, 5) is 4.76. The number of aromatic nitrogens is 3. The number of fused-ring (bicyclic) bond motifs is 1. The topological polar surface area (TPSA) is 105 Å². The van der Waals surface area contributed by atoms with Crippen LogP contribution in [0, 0.1) is 5.41 Å². The standard InChI is InChI=1S/C22H25N7/c1-29-22(26-19-7-6-18(24)17(11-23)20(19)14-3-4-14)27-21(28-29)15-5-2-13-8-9-25-12-16(13)10-15/h2,5-7,10-11,14,23,25H,3-4,8-9,12,24H2,1H3,(H,26,27,28). The maximum Gasteiger partial charge on any atom is 0.225 e. The van der Waals surface area contributed by atoms with E-state index in [4.69, 9.17) is 16.1 Å². The first-order valence-corrected chi connectivity index (χ1v) is 10.1. The number of nitrogens with zero attached hydrogens (tertiary/aromatic N) is 3. The van der Waals surface area contributed by atoms with Gasteiger partial charge in [0.2, 0.25) is 5.95 Å².